The van der Waals surface area contributed by atoms with E-state index in [0.717, 1.165) is 18.9 Å². The molecule has 0 aromatic heterocycles. The van der Waals surface area contributed by atoms with Crippen molar-refractivity contribution in [2.75, 3.05) is 0 Å². The Hall–Kier alpha value is -1.11. The Bertz CT molecular complexity index is 264. The van der Waals surface area contributed by atoms with Crippen molar-refractivity contribution < 1.29 is 0 Å². The average Bonchev–Trinajstić information content (AvgIpc) is 2.25. The van der Waals surface area contributed by atoms with Crippen molar-refractivity contribution in [2.45, 2.75) is 33.2 Å². The zero-order chi connectivity index (χ0) is 10.2. The van der Waals surface area contributed by atoms with E-state index in [0.29, 0.717) is 0 Å². The van der Waals surface area contributed by atoms with E-state index in [2.05, 4.69) is 49.3 Å². The summed E-state index contributed by atoms with van der Waals surface area (Å²) in [7, 11) is 0. The Labute approximate surface area is 86.9 Å². The van der Waals surface area contributed by atoms with Crippen LogP contribution in [0.2, 0.25) is 0 Å². The van der Waals surface area contributed by atoms with E-state index in [9.17, 15) is 0 Å². The van der Waals surface area contributed by atoms with Gasteiger partial charge in [-0.05, 0) is 24.1 Å². The summed E-state index contributed by atoms with van der Waals surface area (Å²) in [5.41, 5.74) is 1.29. The molecule has 1 aromatic rings. The highest BCUT2D eigenvalue weighted by Gasteiger charge is 1.93. The zero-order valence-electron chi connectivity index (χ0n) is 9.11. The second-order valence-corrected chi connectivity index (χ2v) is 3.76. The van der Waals surface area contributed by atoms with Crippen LogP contribution in [-0.4, -0.2) is 6.21 Å². The van der Waals surface area contributed by atoms with Gasteiger partial charge in [-0.25, -0.2) is 0 Å². The summed E-state index contributed by atoms with van der Waals surface area (Å²) < 4.78 is 0. The third kappa shape index (κ3) is 4.22. The van der Waals surface area contributed by atoms with Gasteiger partial charge in [0.1, 0.15) is 0 Å². The topological polar surface area (TPSA) is 12.4 Å². The number of aliphatic imine (C=N–C) groups is 1. The van der Waals surface area contributed by atoms with Crippen molar-refractivity contribution in [3.63, 3.8) is 0 Å². The molecule has 0 fully saturated rings. The SMILES string of the molecule is CCC(C)CC=NCc1ccccc1. The Morgan fingerprint density at radius 2 is 2.00 bits per heavy atom. The van der Waals surface area contributed by atoms with Crippen LogP contribution in [0.5, 0.6) is 0 Å². The number of rotatable bonds is 5. The maximum absolute atomic E-state index is 4.40. The molecule has 0 aliphatic heterocycles. The lowest BCUT2D eigenvalue weighted by Crippen LogP contribution is -1.92. The Balaban J connectivity index is 2.27. The van der Waals surface area contributed by atoms with E-state index < -0.39 is 0 Å². The Morgan fingerprint density at radius 3 is 2.64 bits per heavy atom. The maximum atomic E-state index is 4.40. The quantitative estimate of drug-likeness (QED) is 0.626. The molecular formula is C13H19N. The van der Waals surface area contributed by atoms with Gasteiger partial charge >= 0.3 is 0 Å². The largest absolute Gasteiger partial charge is 0.293 e. The van der Waals surface area contributed by atoms with Gasteiger partial charge in [0.15, 0.2) is 0 Å². The zero-order valence-corrected chi connectivity index (χ0v) is 9.11. The van der Waals surface area contributed by atoms with Gasteiger partial charge in [-0.15, -0.1) is 0 Å². The van der Waals surface area contributed by atoms with Gasteiger partial charge in [-0.1, -0.05) is 50.6 Å². The van der Waals surface area contributed by atoms with Gasteiger partial charge in [0.25, 0.3) is 0 Å². The molecular weight excluding hydrogens is 170 g/mol. The van der Waals surface area contributed by atoms with Crippen LogP contribution in [0.4, 0.5) is 0 Å². The lowest BCUT2D eigenvalue weighted by molar-refractivity contribution is 0.591. The fourth-order valence-corrected chi connectivity index (χ4v) is 1.17. The molecule has 1 aromatic carbocycles. The Kier molecular flexibility index (Phi) is 4.98. The van der Waals surface area contributed by atoms with E-state index in [-0.39, 0.29) is 0 Å². The van der Waals surface area contributed by atoms with Gasteiger partial charge < -0.3 is 0 Å². The van der Waals surface area contributed by atoms with E-state index >= 15 is 0 Å². The number of nitrogens with zero attached hydrogens (tertiary/aromatic N) is 1. The van der Waals surface area contributed by atoms with Gasteiger partial charge in [0.2, 0.25) is 0 Å². The lowest BCUT2D eigenvalue weighted by Gasteiger charge is -2.01. The smallest absolute Gasteiger partial charge is 0.0635 e. The molecule has 76 valence electrons. The molecule has 0 saturated heterocycles. The average molecular weight is 189 g/mol. The van der Waals surface area contributed by atoms with Crippen molar-refractivity contribution in [1.82, 2.24) is 0 Å². The molecule has 1 unspecified atom stereocenters. The summed E-state index contributed by atoms with van der Waals surface area (Å²) in [6.45, 7) is 5.29. The van der Waals surface area contributed by atoms with E-state index in [4.69, 9.17) is 0 Å². The molecule has 1 rings (SSSR count). The molecule has 14 heavy (non-hydrogen) atoms. The minimum atomic E-state index is 0.759. The monoisotopic (exact) mass is 189 g/mol. The van der Waals surface area contributed by atoms with Crippen LogP contribution in [0.25, 0.3) is 0 Å². The fourth-order valence-electron chi connectivity index (χ4n) is 1.17. The van der Waals surface area contributed by atoms with Crippen LogP contribution in [0, 0.1) is 5.92 Å². The molecule has 0 spiro atoms. The predicted octanol–water partition coefficient (Wildman–Crippen LogP) is 3.69. The van der Waals surface area contributed by atoms with Gasteiger partial charge in [-0.2, -0.15) is 0 Å². The lowest BCUT2D eigenvalue weighted by atomic mass is 10.1. The van der Waals surface area contributed by atoms with Gasteiger partial charge in [0.05, 0.1) is 6.54 Å². The first-order valence-electron chi connectivity index (χ1n) is 5.35. The Morgan fingerprint density at radius 1 is 1.29 bits per heavy atom. The van der Waals surface area contributed by atoms with Gasteiger partial charge in [0, 0.05) is 0 Å². The second kappa shape index (κ2) is 6.36. The molecule has 0 aliphatic carbocycles. The first-order chi connectivity index (χ1) is 6.83. The summed E-state index contributed by atoms with van der Waals surface area (Å²) in [5, 5.41) is 0. The van der Waals surface area contributed by atoms with Crippen molar-refractivity contribution >= 4 is 6.21 Å². The van der Waals surface area contributed by atoms with Crippen LogP contribution in [-0.2, 0) is 6.54 Å². The van der Waals surface area contributed by atoms with Crippen molar-refractivity contribution in [3.05, 3.63) is 35.9 Å². The minimum Gasteiger partial charge on any atom is -0.293 e. The standard InChI is InChI=1S/C13H19N/c1-3-12(2)9-10-14-11-13-7-5-4-6-8-13/h4-8,10,12H,3,9,11H2,1-2H3. The fraction of sp³-hybridized carbons (Fsp3) is 0.462. The van der Waals surface area contributed by atoms with Crippen LogP contribution < -0.4 is 0 Å². The third-order valence-electron chi connectivity index (χ3n) is 2.45. The number of benzene rings is 1. The normalized spacial score (nSPS) is 13.3. The third-order valence-corrected chi connectivity index (χ3v) is 2.45. The highest BCUT2D eigenvalue weighted by Crippen LogP contribution is 2.04. The van der Waals surface area contributed by atoms with Crippen molar-refractivity contribution in [1.29, 1.82) is 0 Å². The number of hydrogen-bond acceptors (Lipinski definition) is 1. The summed E-state index contributed by atoms with van der Waals surface area (Å²) in [4.78, 5) is 4.40. The molecule has 1 heteroatoms. The summed E-state index contributed by atoms with van der Waals surface area (Å²) >= 11 is 0. The maximum Gasteiger partial charge on any atom is 0.0635 e. The molecule has 0 N–H and O–H groups in total. The molecule has 0 bridgehead atoms. The van der Waals surface area contributed by atoms with Gasteiger partial charge in [-0.3, -0.25) is 4.99 Å². The molecule has 0 amide bonds. The van der Waals surface area contributed by atoms with E-state index in [1.54, 1.807) is 0 Å². The highest BCUT2D eigenvalue weighted by molar-refractivity contribution is 5.57. The van der Waals surface area contributed by atoms with Crippen molar-refractivity contribution in [3.8, 4) is 0 Å². The first kappa shape index (κ1) is 11.0. The van der Waals surface area contributed by atoms with Crippen molar-refractivity contribution in [2.24, 2.45) is 10.9 Å². The predicted molar refractivity (Wildman–Crippen MR) is 62.7 cm³/mol. The van der Waals surface area contributed by atoms with Crippen LogP contribution >= 0.6 is 0 Å². The molecule has 1 atom stereocenters. The molecule has 0 radical (unpaired) electrons. The van der Waals surface area contributed by atoms with Crippen LogP contribution in [0.3, 0.4) is 0 Å². The molecule has 1 nitrogen and oxygen atoms in total. The first-order valence-corrected chi connectivity index (χ1v) is 5.35. The summed E-state index contributed by atoms with van der Waals surface area (Å²) in [6.07, 6.45) is 4.39. The summed E-state index contributed by atoms with van der Waals surface area (Å²) in [6, 6.07) is 10.4. The van der Waals surface area contributed by atoms with E-state index in [1.165, 1.54) is 12.0 Å². The molecule has 0 heterocycles. The number of hydrogen-bond donors (Lipinski definition) is 0. The minimum absolute atomic E-state index is 0.759. The molecule has 0 aliphatic rings. The highest BCUT2D eigenvalue weighted by atomic mass is 14.7. The van der Waals surface area contributed by atoms with Crippen LogP contribution in [0.1, 0.15) is 32.3 Å². The molecule has 0 saturated carbocycles. The van der Waals surface area contributed by atoms with E-state index in [1.807, 2.05) is 6.07 Å². The van der Waals surface area contributed by atoms with Crippen LogP contribution in [0.15, 0.2) is 35.3 Å². The summed E-state index contributed by atoms with van der Waals surface area (Å²) in [5.74, 6) is 0.759. The second-order valence-electron chi connectivity index (χ2n) is 3.76.